The van der Waals surface area contributed by atoms with Crippen LogP contribution in [0.25, 0.3) is 10.9 Å². The monoisotopic (exact) mass is 306 g/mol. The number of halogens is 1. The van der Waals surface area contributed by atoms with E-state index in [-0.39, 0.29) is 18.6 Å². The topological polar surface area (TPSA) is 88.5 Å². The number of rotatable bonds is 6. The highest BCUT2D eigenvalue weighted by Gasteiger charge is 2.22. The van der Waals surface area contributed by atoms with Gasteiger partial charge in [-0.2, -0.15) is 0 Å². The zero-order valence-corrected chi connectivity index (χ0v) is 11.9. The molecule has 1 aromatic carbocycles. The molecule has 0 spiro atoms. The van der Waals surface area contributed by atoms with Gasteiger partial charge in [-0.25, -0.2) is 9.18 Å². The van der Waals surface area contributed by atoms with Crippen molar-refractivity contribution in [1.29, 1.82) is 0 Å². The number of methoxy groups -OCH3 is 1. The molecule has 22 heavy (non-hydrogen) atoms. The number of carboxylic acids is 1. The molecule has 2 rings (SSSR count). The number of amides is 1. The maximum Gasteiger partial charge on any atom is 0.326 e. The summed E-state index contributed by atoms with van der Waals surface area (Å²) in [5.41, 5.74) is 0.316. The first-order valence-electron chi connectivity index (χ1n) is 6.60. The van der Waals surface area contributed by atoms with E-state index in [0.717, 1.165) is 6.07 Å². The molecule has 7 heteroatoms. The molecule has 2 N–H and O–H groups in total. The molecule has 2 aromatic rings. The molecule has 0 saturated carbocycles. The van der Waals surface area contributed by atoms with Gasteiger partial charge >= 0.3 is 5.97 Å². The number of carbonyl (C=O) groups excluding carboxylic acids is 1. The number of carboxylic acid groups (broad SMARTS) is 1. The van der Waals surface area contributed by atoms with Gasteiger partial charge in [0.15, 0.2) is 0 Å². The van der Waals surface area contributed by atoms with Crippen LogP contribution in [0.3, 0.4) is 0 Å². The number of carbonyl (C=O) groups is 2. The van der Waals surface area contributed by atoms with Crippen molar-refractivity contribution in [3.05, 3.63) is 41.8 Å². The van der Waals surface area contributed by atoms with Crippen LogP contribution in [0, 0.1) is 5.82 Å². The predicted octanol–water partition coefficient (Wildman–Crippen LogP) is 1.59. The lowest BCUT2D eigenvalue weighted by molar-refractivity contribution is -0.139. The minimum Gasteiger partial charge on any atom is -0.480 e. The third-order valence-electron chi connectivity index (χ3n) is 3.13. The standard InChI is InChI=1S/C15H15FN2O4/c1-22-6-4-12(15(20)21)18-14(19)11-8-10(16)7-9-3-2-5-17-13(9)11/h2-3,5,7-8,12H,4,6H2,1H3,(H,18,19)(H,20,21). The average Bonchev–Trinajstić information content (AvgIpc) is 2.49. The number of pyridine rings is 1. The van der Waals surface area contributed by atoms with Crippen LogP contribution in [0.1, 0.15) is 16.8 Å². The smallest absolute Gasteiger partial charge is 0.326 e. The molecule has 6 nitrogen and oxygen atoms in total. The van der Waals surface area contributed by atoms with Crippen LogP contribution in [-0.4, -0.2) is 41.7 Å². The van der Waals surface area contributed by atoms with Gasteiger partial charge in [-0.3, -0.25) is 9.78 Å². The number of aromatic nitrogens is 1. The molecule has 0 aliphatic carbocycles. The molecule has 1 aromatic heterocycles. The second-order valence-electron chi connectivity index (χ2n) is 4.67. The van der Waals surface area contributed by atoms with Crippen LogP contribution in [0.4, 0.5) is 4.39 Å². The Hall–Kier alpha value is -2.54. The first kappa shape index (κ1) is 15.8. The van der Waals surface area contributed by atoms with Crippen LogP contribution in [0.15, 0.2) is 30.5 Å². The quantitative estimate of drug-likeness (QED) is 0.846. The summed E-state index contributed by atoms with van der Waals surface area (Å²) in [5, 5.41) is 11.9. The second kappa shape index (κ2) is 6.95. The van der Waals surface area contributed by atoms with Crippen LogP contribution in [0.5, 0.6) is 0 Å². The van der Waals surface area contributed by atoms with Gasteiger partial charge in [0, 0.05) is 31.7 Å². The molecule has 1 atom stereocenters. The van der Waals surface area contributed by atoms with Crippen molar-refractivity contribution in [3.8, 4) is 0 Å². The number of hydrogen-bond donors (Lipinski definition) is 2. The van der Waals surface area contributed by atoms with Gasteiger partial charge in [0.05, 0.1) is 11.1 Å². The fraction of sp³-hybridized carbons (Fsp3) is 0.267. The largest absolute Gasteiger partial charge is 0.480 e. The summed E-state index contributed by atoms with van der Waals surface area (Å²) in [5.74, 6) is -2.46. The molecule has 0 radical (unpaired) electrons. The summed E-state index contributed by atoms with van der Waals surface area (Å²) in [6, 6.07) is 4.44. The van der Waals surface area contributed by atoms with Gasteiger partial charge in [-0.1, -0.05) is 6.07 Å². The van der Waals surface area contributed by atoms with Crippen molar-refractivity contribution in [3.63, 3.8) is 0 Å². The van der Waals surface area contributed by atoms with Crippen molar-refractivity contribution in [2.75, 3.05) is 13.7 Å². The lowest BCUT2D eigenvalue weighted by Gasteiger charge is -2.14. The van der Waals surface area contributed by atoms with Crippen LogP contribution in [0.2, 0.25) is 0 Å². The van der Waals surface area contributed by atoms with Gasteiger partial charge in [0.1, 0.15) is 11.9 Å². The van der Waals surface area contributed by atoms with Gasteiger partial charge in [0.2, 0.25) is 0 Å². The Morgan fingerprint density at radius 1 is 1.45 bits per heavy atom. The predicted molar refractivity (Wildman–Crippen MR) is 77.1 cm³/mol. The number of hydrogen-bond acceptors (Lipinski definition) is 4. The van der Waals surface area contributed by atoms with E-state index in [1.807, 2.05) is 0 Å². The molecule has 0 aliphatic heterocycles. The van der Waals surface area contributed by atoms with Crippen LogP contribution < -0.4 is 5.32 Å². The van der Waals surface area contributed by atoms with Gasteiger partial charge in [-0.15, -0.1) is 0 Å². The van der Waals surface area contributed by atoms with E-state index < -0.39 is 23.7 Å². The number of benzene rings is 1. The maximum atomic E-state index is 13.6. The molecular weight excluding hydrogens is 291 g/mol. The summed E-state index contributed by atoms with van der Waals surface area (Å²) in [4.78, 5) is 27.5. The maximum absolute atomic E-state index is 13.6. The zero-order valence-electron chi connectivity index (χ0n) is 11.9. The van der Waals surface area contributed by atoms with Crippen molar-refractivity contribution in [2.45, 2.75) is 12.5 Å². The highest BCUT2D eigenvalue weighted by molar-refractivity contribution is 6.06. The molecule has 0 saturated heterocycles. The fourth-order valence-electron chi connectivity index (χ4n) is 2.06. The number of aliphatic carboxylic acids is 1. The zero-order chi connectivity index (χ0) is 16.1. The van der Waals surface area contributed by atoms with Crippen LogP contribution in [-0.2, 0) is 9.53 Å². The molecular formula is C15H15FN2O4. The molecule has 1 unspecified atom stereocenters. The Balaban J connectivity index is 2.30. The van der Waals surface area contributed by atoms with Gasteiger partial charge in [0.25, 0.3) is 5.91 Å². The van der Waals surface area contributed by atoms with Gasteiger partial charge in [-0.05, 0) is 18.2 Å². The Labute approximate surface area is 125 Å². The second-order valence-corrected chi connectivity index (χ2v) is 4.67. The number of nitrogens with one attached hydrogen (secondary N) is 1. The molecule has 0 aliphatic rings. The van der Waals surface area contributed by atoms with E-state index in [9.17, 15) is 14.0 Å². The Kier molecular flexibility index (Phi) is 5.00. The summed E-state index contributed by atoms with van der Waals surface area (Å²) >= 11 is 0. The summed E-state index contributed by atoms with van der Waals surface area (Å²) in [6.45, 7) is 0.180. The van der Waals surface area contributed by atoms with Crippen molar-refractivity contribution < 1.29 is 23.8 Å². The third-order valence-corrected chi connectivity index (χ3v) is 3.13. The fourth-order valence-corrected chi connectivity index (χ4v) is 2.06. The Morgan fingerprint density at radius 3 is 2.91 bits per heavy atom. The lowest BCUT2D eigenvalue weighted by Crippen LogP contribution is -2.41. The van der Waals surface area contributed by atoms with Crippen molar-refractivity contribution >= 4 is 22.8 Å². The third kappa shape index (κ3) is 3.56. The summed E-state index contributed by atoms with van der Waals surface area (Å²) < 4.78 is 18.4. The van der Waals surface area contributed by atoms with Gasteiger partial charge < -0.3 is 15.2 Å². The Bertz CT molecular complexity index is 705. The molecule has 0 bridgehead atoms. The van der Waals surface area contributed by atoms with Crippen LogP contribution >= 0.6 is 0 Å². The first-order chi connectivity index (χ1) is 10.5. The molecule has 116 valence electrons. The number of ether oxygens (including phenoxy) is 1. The van der Waals surface area contributed by atoms with E-state index in [4.69, 9.17) is 9.84 Å². The van der Waals surface area contributed by atoms with E-state index in [1.54, 1.807) is 12.1 Å². The number of nitrogens with zero attached hydrogens (tertiary/aromatic N) is 1. The molecule has 1 amide bonds. The minimum absolute atomic E-state index is 0.000679. The average molecular weight is 306 g/mol. The van der Waals surface area contributed by atoms with Crippen molar-refractivity contribution in [1.82, 2.24) is 10.3 Å². The minimum atomic E-state index is -1.18. The number of fused-ring (bicyclic) bond motifs is 1. The highest BCUT2D eigenvalue weighted by Crippen LogP contribution is 2.18. The summed E-state index contributed by atoms with van der Waals surface area (Å²) in [6.07, 6.45) is 1.59. The highest BCUT2D eigenvalue weighted by atomic mass is 19.1. The van der Waals surface area contributed by atoms with E-state index in [2.05, 4.69) is 10.3 Å². The molecule has 0 fully saturated rings. The first-order valence-corrected chi connectivity index (χ1v) is 6.60. The SMILES string of the molecule is COCCC(NC(=O)c1cc(F)cc2cccnc12)C(=O)O. The van der Waals surface area contributed by atoms with E-state index in [0.29, 0.717) is 10.9 Å². The Morgan fingerprint density at radius 2 is 2.23 bits per heavy atom. The lowest BCUT2D eigenvalue weighted by atomic mass is 10.1. The summed E-state index contributed by atoms with van der Waals surface area (Å²) in [7, 11) is 1.44. The van der Waals surface area contributed by atoms with Crippen molar-refractivity contribution in [2.24, 2.45) is 0 Å². The van der Waals surface area contributed by atoms with E-state index >= 15 is 0 Å². The van der Waals surface area contributed by atoms with E-state index in [1.165, 1.54) is 19.4 Å². The normalized spacial score (nSPS) is 12.1. The molecule has 1 heterocycles.